The molecule has 0 bridgehead atoms. The molecule has 0 aromatic heterocycles. The van der Waals surface area contributed by atoms with Crippen LogP contribution in [0.1, 0.15) is 15.9 Å². The first-order valence-electron chi connectivity index (χ1n) is 5.41. The minimum absolute atomic E-state index is 0.0770. The van der Waals surface area contributed by atoms with Crippen molar-refractivity contribution in [2.45, 2.75) is 6.42 Å². The first kappa shape index (κ1) is 14.3. The minimum Gasteiger partial charge on any atom is -0.294 e. The number of carbonyl (C=O) groups is 1. The fourth-order valence-corrected chi connectivity index (χ4v) is 2.51. The maximum Gasteiger partial charge on any atom is 0.171 e. The summed E-state index contributed by atoms with van der Waals surface area (Å²) in [5.74, 6) is -1.11. The Morgan fingerprint density at radius 2 is 1.47 bits per heavy atom. The molecule has 0 radical (unpaired) electrons. The SMILES string of the molecule is O=C(Cc1c(Cl)cccc1Cl)c1c(F)cccc1Cl. The molecule has 0 spiro atoms. The predicted octanol–water partition coefficient (Wildman–Crippen LogP) is 5.21. The van der Waals surface area contributed by atoms with Gasteiger partial charge in [0.2, 0.25) is 0 Å². The fourth-order valence-electron chi connectivity index (χ4n) is 1.71. The van der Waals surface area contributed by atoms with E-state index in [4.69, 9.17) is 34.8 Å². The van der Waals surface area contributed by atoms with Crippen LogP contribution >= 0.6 is 34.8 Å². The Bertz CT molecular complexity index is 600. The monoisotopic (exact) mass is 316 g/mol. The number of Topliss-reactive ketones (excluding diaryl/α,β-unsaturated/α-hetero) is 1. The average molecular weight is 318 g/mol. The Labute approximate surface area is 124 Å². The largest absolute Gasteiger partial charge is 0.294 e. The molecule has 98 valence electrons. The Kier molecular flexibility index (Phi) is 4.46. The van der Waals surface area contributed by atoms with Crippen LogP contribution in [0.25, 0.3) is 0 Å². The van der Waals surface area contributed by atoms with Gasteiger partial charge in [-0.05, 0) is 29.8 Å². The van der Waals surface area contributed by atoms with E-state index in [1.807, 2.05) is 0 Å². The summed E-state index contributed by atoms with van der Waals surface area (Å²) in [7, 11) is 0. The lowest BCUT2D eigenvalue weighted by atomic mass is 10.0. The smallest absolute Gasteiger partial charge is 0.171 e. The van der Waals surface area contributed by atoms with Gasteiger partial charge in [0.05, 0.1) is 10.6 Å². The molecule has 0 aliphatic rings. The molecule has 0 saturated carbocycles. The van der Waals surface area contributed by atoms with Crippen molar-refractivity contribution in [3.8, 4) is 0 Å². The summed E-state index contributed by atoms with van der Waals surface area (Å²) in [6, 6.07) is 9.02. The van der Waals surface area contributed by atoms with E-state index in [-0.39, 0.29) is 17.0 Å². The van der Waals surface area contributed by atoms with Crippen LogP contribution in [0.5, 0.6) is 0 Å². The van der Waals surface area contributed by atoms with Gasteiger partial charge in [-0.3, -0.25) is 4.79 Å². The van der Waals surface area contributed by atoms with Crippen LogP contribution in [0, 0.1) is 5.82 Å². The van der Waals surface area contributed by atoms with Gasteiger partial charge in [0.25, 0.3) is 0 Å². The lowest BCUT2D eigenvalue weighted by molar-refractivity contribution is 0.0989. The molecule has 2 aromatic carbocycles. The molecule has 0 N–H and O–H groups in total. The van der Waals surface area contributed by atoms with Crippen LogP contribution in [0.2, 0.25) is 15.1 Å². The van der Waals surface area contributed by atoms with E-state index in [1.165, 1.54) is 18.2 Å². The molecule has 1 nitrogen and oxygen atoms in total. The van der Waals surface area contributed by atoms with E-state index < -0.39 is 11.6 Å². The van der Waals surface area contributed by atoms with Crippen LogP contribution in [-0.2, 0) is 6.42 Å². The summed E-state index contributed by atoms with van der Waals surface area (Å²) in [5, 5.41) is 0.815. The molecule has 2 aromatic rings. The summed E-state index contributed by atoms with van der Waals surface area (Å²) < 4.78 is 13.6. The van der Waals surface area contributed by atoms with Crippen LogP contribution in [0.15, 0.2) is 36.4 Å². The van der Waals surface area contributed by atoms with Gasteiger partial charge in [0, 0.05) is 16.5 Å². The molecule has 0 fully saturated rings. The molecule has 0 aliphatic heterocycles. The highest BCUT2D eigenvalue weighted by Gasteiger charge is 2.18. The molecule has 0 amide bonds. The molecule has 0 saturated heterocycles. The molecule has 19 heavy (non-hydrogen) atoms. The highest BCUT2D eigenvalue weighted by molar-refractivity contribution is 6.37. The van der Waals surface area contributed by atoms with E-state index in [9.17, 15) is 9.18 Å². The van der Waals surface area contributed by atoms with Crippen molar-refractivity contribution >= 4 is 40.6 Å². The summed E-state index contributed by atoms with van der Waals surface area (Å²) in [5.41, 5.74) is 0.329. The zero-order valence-corrected chi connectivity index (χ0v) is 11.9. The third-order valence-corrected chi connectivity index (χ3v) is 3.66. The normalized spacial score (nSPS) is 10.5. The number of benzene rings is 2. The summed E-state index contributed by atoms with van der Waals surface area (Å²) in [4.78, 5) is 12.1. The van der Waals surface area contributed by atoms with Gasteiger partial charge in [-0.2, -0.15) is 0 Å². The first-order chi connectivity index (χ1) is 9.00. The maximum atomic E-state index is 13.6. The van der Waals surface area contributed by atoms with E-state index in [1.54, 1.807) is 18.2 Å². The zero-order chi connectivity index (χ0) is 14.0. The summed E-state index contributed by atoms with van der Waals surface area (Å²) in [6.07, 6.45) is -0.0981. The van der Waals surface area contributed by atoms with Gasteiger partial charge in [-0.1, -0.05) is 46.9 Å². The highest BCUT2D eigenvalue weighted by Crippen LogP contribution is 2.27. The number of halogens is 4. The van der Waals surface area contributed by atoms with Crippen molar-refractivity contribution in [2.24, 2.45) is 0 Å². The van der Waals surface area contributed by atoms with Gasteiger partial charge in [0.1, 0.15) is 5.82 Å². The lowest BCUT2D eigenvalue weighted by Crippen LogP contribution is -2.08. The van der Waals surface area contributed by atoms with Crippen molar-refractivity contribution in [2.75, 3.05) is 0 Å². The second-order valence-electron chi connectivity index (χ2n) is 3.90. The van der Waals surface area contributed by atoms with Gasteiger partial charge in [0.15, 0.2) is 5.78 Å². The average Bonchev–Trinajstić information content (AvgIpc) is 2.34. The van der Waals surface area contributed by atoms with Crippen molar-refractivity contribution in [3.63, 3.8) is 0 Å². The van der Waals surface area contributed by atoms with Crippen molar-refractivity contribution in [1.29, 1.82) is 0 Å². The predicted molar refractivity (Wildman–Crippen MR) is 75.9 cm³/mol. The standard InChI is InChI=1S/C14H8Cl3FO/c15-9-3-1-4-10(16)8(9)7-13(19)14-11(17)5-2-6-12(14)18/h1-6H,7H2. The van der Waals surface area contributed by atoms with Gasteiger partial charge >= 0.3 is 0 Å². The molecular formula is C14H8Cl3FO. The van der Waals surface area contributed by atoms with Crippen LogP contribution < -0.4 is 0 Å². The van der Waals surface area contributed by atoms with Gasteiger partial charge < -0.3 is 0 Å². The molecule has 0 aliphatic carbocycles. The molecular weight excluding hydrogens is 310 g/mol. The number of hydrogen-bond donors (Lipinski definition) is 0. The summed E-state index contributed by atoms with van der Waals surface area (Å²) in [6.45, 7) is 0. The Morgan fingerprint density at radius 3 is 2.05 bits per heavy atom. The van der Waals surface area contributed by atoms with E-state index in [0.717, 1.165) is 0 Å². The zero-order valence-electron chi connectivity index (χ0n) is 9.59. The number of carbonyl (C=O) groups excluding carboxylic acids is 1. The number of rotatable bonds is 3. The third-order valence-electron chi connectivity index (χ3n) is 2.64. The Balaban J connectivity index is 2.37. The van der Waals surface area contributed by atoms with Crippen molar-refractivity contribution < 1.29 is 9.18 Å². The Morgan fingerprint density at radius 1 is 0.947 bits per heavy atom. The number of ketones is 1. The highest BCUT2D eigenvalue weighted by atomic mass is 35.5. The third kappa shape index (κ3) is 3.08. The molecule has 0 heterocycles. The van der Waals surface area contributed by atoms with E-state index in [0.29, 0.717) is 15.6 Å². The van der Waals surface area contributed by atoms with Crippen molar-refractivity contribution in [1.82, 2.24) is 0 Å². The minimum atomic E-state index is -0.652. The number of hydrogen-bond acceptors (Lipinski definition) is 1. The lowest BCUT2D eigenvalue weighted by Gasteiger charge is -2.08. The second-order valence-corrected chi connectivity index (χ2v) is 5.12. The Hall–Kier alpha value is -1.09. The van der Waals surface area contributed by atoms with E-state index >= 15 is 0 Å². The van der Waals surface area contributed by atoms with Gasteiger partial charge in [-0.15, -0.1) is 0 Å². The molecule has 2 rings (SSSR count). The molecule has 0 unspecified atom stereocenters. The van der Waals surface area contributed by atoms with Gasteiger partial charge in [-0.25, -0.2) is 4.39 Å². The quantitative estimate of drug-likeness (QED) is 0.710. The second kappa shape index (κ2) is 5.91. The fraction of sp³-hybridized carbons (Fsp3) is 0.0714. The molecule has 0 atom stereocenters. The summed E-state index contributed by atoms with van der Waals surface area (Å²) >= 11 is 17.8. The van der Waals surface area contributed by atoms with Crippen LogP contribution in [0.4, 0.5) is 4.39 Å². The molecule has 5 heteroatoms. The van der Waals surface area contributed by atoms with Crippen LogP contribution in [-0.4, -0.2) is 5.78 Å². The van der Waals surface area contributed by atoms with Crippen molar-refractivity contribution in [3.05, 3.63) is 68.4 Å². The first-order valence-corrected chi connectivity index (χ1v) is 6.54. The van der Waals surface area contributed by atoms with Crippen LogP contribution in [0.3, 0.4) is 0 Å². The topological polar surface area (TPSA) is 17.1 Å². The maximum absolute atomic E-state index is 13.6. The van der Waals surface area contributed by atoms with E-state index in [2.05, 4.69) is 0 Å².